The number of hydrogen-bond acceptors (Lipinski definition) is 2. The summed E-state index contributed by atoms with van der Waals surface area (Å²) in [5, 5.41) is 0. The van der Waals surface area contributed by atoms with Crippen molar-refractivity contribution in [3.8, 4) is 0 Å². The van der Waals surface area contributed by atoms with Gasteiger partial charge in [0.25, 0.3) is 0 Å². The molecule has 0 saturated heterocycles. The van der Waals surface area contributed by atoms with E-state index in [1.165, 1.54) is 11.1 Å². The molecule has 0 amide bonds. The predicted molar refractivity (Wildman–Crippen MR) is 76.9 cm³/mol. The van der Waals surface area contributed by atoms with E-state index in [-0.39, 0.29) is 0 Å². The topological polar surface area (TPSA) is 12.4 Å². The van der Waals surface area contributed by atoms with Gasteiger partial charge in [0, 0.05) is 11.1 Å². The van der Waals surface area contributed by atoms with Crippen molar-refractivity contribution in [2.24, 2.45) is 4.99 Å². The minimum Gasteiger partial charge on any atom is -0.255 e. The van der Waals surface area contributed by atoms with Gasteiger partial charge in [0.05, 0.1) is 5.69 Å². The van der Waals surface area contributed by atoms with Crippen LogP contribution in [0.2, 0.25) is 0 Å². The number of aliphatic imine (C=N–C) groups is 1. The van der Waals surface area contributed by atoms with Crippen LogP contribution in [0.5, 0.6) is 0 Å². The van der Waals surface area contributed by atoms with Crippen molar-refractivity contribution >= 4 is 24.5 Å². The van der Waals surface area contributed by atoms with Crippen molar-refractivity contribution < 1.29 is 0 Å². The number of hydrogen-bond donors (Lipinski definition) is 1. The van der Waals surface area contributed by atoms with Gasteiger partial charge in [0.2, 0.25) is 0 Å². The summed E-state index contributed by atoms with van der Waals surface area (Å²) >= 11 is 4.37. The number of nitrogens with zero attached hydrogens (tertiary/aromatic N) is 1. The molecule has 0 aliphatic heterocycles. The van der Waals surface area contributed by atoms with E-state index in [0.29, 0.717) is 0 Å². The van der Waals surface area contributed by atoms with Gasteiger partial charge in [0.1, 0.15) is 0 Å². The Labute approximate surface area is 108 Å². The lowest BCUT2D eigenvalue weighted by molar-refractivity contribution is 1.36. The molecule has 0 aliphatic carbocycles. The molecule has 86 valence electrons. The van der Waals surface area contributed by atoms with E-state index < -0.39 is 0 Å². The van der Waals surface area contributed by atoms with Crippen LogP contribution < -0.4 is 0 Å². The van der Waals surface area contributed by atoms with Crippen LogP contribution in [-0.2, 0) is 0 Å². The molecule has 0 saturated carbocycles. The van der Waals surface area contributed by atoms with Crippen molar-refractivity contribution in [2.75, 3.05) is 0 Å². The summed E-state index contributed by atoms with van der Waals surface area (Å²) in [6.45, 7) is 4.19. The Morgan fingerprint density at radius 3 is 2.29 bits per heavy atom. The average Bonchev–Trinajstić information content (AvgIpc) is 2.27. The molecule has 17 heavy (non-hydrogen) atoms. The van der Waals surface area contributed by atoms with E-state index in [9.17, 15) is 0 Å². The van der Waals surface area contributed by atoms with Crippen LogP contribution in [0.3, 0.4) is 0 Å². The van der Waals surface area contributed by atoms with Gasteiger partial charge in [-0.1, -0.05) is 41.5 Å². The SMILES string of the molecule is Cc1cc(C)cc(C=Nc2ccccc2S)c1. The van der Waals surface area contributed by atoms with Crippen LogP contribution in [0.25, 0.3) is 0 Å². The molecule has 0 spiro atoms. The Bertz CT molecular complexity index is 538. The zero-order valence-corrected chi connectivity index (χ0v) is 10.9. The minimum absolute atomic E-state index is 0.896. The van der Waals surface area contributed by atoms with Crippen molar-refractivity contribution in [1.29, 1.82) is 0 Å². The van der Waals surface area contributed by atoms with Gasteiger partial charge in [-0.25, -0.2) is 0 Å². The third kappa shape index (κ3) is 3.21. The van der Waals surface area contributed by atoms with Gasteiger partial charge in [-0.2, -0.15) is 0 Å². The first-order valence-electron chi connectivity index (χ1n) is 5.55. The molecule has 0 unspecified atom stereocenters. The second-order valence-corrected chi connectivity index (χ2v) is 4.65. The third-order valence-corrected chi connectivity index (χ3v) is 2.86. The van der Waals surface area contributed by atoms with Gasteiger partial charge in [-0.3, -0.25) is 4.99 Å². The smallest absolute Gasteiger partial charge is 0.0763 e. The van der Waals surface area contributed by atoms with E-state index in [4.69, 9.17) is 0 Å². The molecule has 0 fully saturated rings. The molecule has 0 heterocycles. The van der Waals surface area contributed by atoms with Crippen molar-refractivity contribution in [1.82, 2.24) is 0 Å². The molecule has 0 aliphatic rings. The first-order valence-corrected chi connectivity index (χ1v) is 6.00. The van der Waals surface area contributed by atoms with Gasteiger partial charge in [-0.15, -0.1) is 12.6 Å². The third-order valence-electron chi connectivity index (χ3n) is 2.48. The number of benzene rings is 2. The molecular weight excluding hydrogens is 226 g/mol. The number of thiol groups is 1. The molecule has 2 heteroatoms. The normalized spacial score (nSPS) is 11.0. The summed E-state index contributed by atoms with van der Waals surface area (Å²) < 4.78 is 0. The fourth-order valence-corrected chi connectivity index (χ4v) is 2.02. The highest BCUT2D eigenvalue weighted by atomic mass is 32.1. The summed E-state index contributed by atoms with van der Waals surface area (Å²) in [5.74, 6) is 0. The standard InChI is InChI=1S/C15H15NS/c1-11-7-12(2)9-13(8-11)10-16-14-5-3-4-6-15(14)17/h3-10,17H,1-2H3. The summed E-state index contributed by atoms with van der Waals surface area (Å²) in [5.41, 5.74) is 4.53. The Kier molecular flexibility index (Phi) is 3.64. The molecule has 0 bridgehead atoms. The largest absolute Gasteiger partial charge is 0.255 e. The van der Waals surface area contributed by atoms with Crippen LogP contribution in [0.15, 0.2) is 52.4 Å². The Balaban J connectivity index is 2.29. The molecular formula is C15H15NS. The van der Waals surface area contributed by atoms with Gasteiger partial charge < -0.3 is 0 Å². The number of rotatable bonds is 2. The average molecular weight is 241 g/mol. The lowest BCUT2D eigenvalue weighted by atomic mass is 10.1. The summed E-state index contributed by atoms with van der Waals surface area (Å²) in [7, 11) is 0. The maximum absolute atomic E-state index is 4.46. The second-order valence-electron chi connectivity index (χ2n) is 4.17. The van der Waals surface area contributed by atoms with Crippen molar-refractivity contribution in [2.45, 2.75) is 18.7 Å². The zero-order valence-electron chi connectivity index (χ0n) is 10.0. The quantitative estimate of drug-likeness (QED) is 0.593. The number of para-hydroxylation sites is 1. The van der Waals surface area contributed by atoms with Crippen LogP contribution in [0.1, 0.15) is 16.7 Å². The minimum atomic E-state index is 0.896. The molecule has 2 rings (SSSR count). The Hall–Kier alpha value is -1.54. The predicted octanol–water partition coefficient (Wildman–Crippen LogP) is 4.34. The first-order chi connectivity index (χ1) is 8.15. The van der Waals surface area contributed by atoms with Crippen LogP contribution in [0.4, 0.5) is 5.69 Å². The van der Waals surface area contributed by atoms with E-state index in [2.05, 4.69) is 49.7 Å². The van der Waals surface area contributed by atoms with Crippen LogP contribution >= 0.6 is 12.6 Å². The molecule has 0 aromatic heterocycles. The second kappa shape index (κ2) is 5.19. The lowest BCUT2D eigenvalue weighted by Gasteiger charge is -2.00. The summed E-state index contributed by atoms with van der Waals surface area (Å²) in [6.07, 6.45) is 1.88. The lowest BCUT2D eigenvalue weighted by Crippen LogP contribution is -1.85. The monoisotopic (exact) mass is 241 g/mol. The molecule has 2 aromatic carbocycles. The first kappa shape index (κ1) is 11.9. The number of aryl methyl sites for hydroxylation is 2. The fourth-order valence-electron chi connectivity index (χ4n) is 1.80. The van der Waals surface area contributed by atoms with Crippen molar-refractivity contribution in [3.63, 3.8) is 0 Å². The molecule has 1 nitrogen and oxygen atoms in total. The highest BCUT2D eigenvalue weighted by molar-refractivity contribution is 7.80. The highest BCUT2D eigenvalue weighted by Crippen LogP contribution is 2.21. The molecule has 0 atom stereocenters. The van der Waals surface area contributed by atoms with Gasteiger partial charge in [-0.05, 0) is 31.5 Å². The van der Waals surface area contributed by atoms with E-state index in [1.807, 2.05) is 30.5 Å². The van der Waals surface area contributed by atoms with Gasteiger partial charge in [0.15, 0.2) is 0 Å². The summed E-state index contributed by atoms with van der Waals surface area (Å²) in [6, 6.07) is 14.2. The van der Waals surface area contributed by atoms with E-state index >= 15 is 0 Å². The molecule has 2 aromatic rings. The molecule has 0 radical (unpaired) electrons. The fraction of sp³-hybridized carbons (Fsp3) is 0.133. The van der Waals surface area contributed by atoms with Gasteiger partial charge >= 0.3 is 0 Å². The van der Waals surface area contributed by atoms with E-state index in [0.717, 1.165) is 16.1 Å². The zero-order chi connectivity index (χ0) is 12.3. The Morgan fingerprint density at radius 2 is 1.65 bits per heavy atom. The highest BCUT2D eigenvalue weighted by Gasteiger charge is 1.95. The Morgan fingerprint density at radius 1 is 1.00 bits per heavy atom. The summed E-state index contributed by atoms with van der Waals surface area (Å²) in [4.78, 5) is 5.35. The van der Waals surface area contributed by atoms with Crippen LogP contribution in [0, 0.1) is 13.8 Å². The van der Waals surface area contributed by atoms with Crippen LogP contribution in [-0.4, -0.2) is 6.21 Å². The maximum atomic E-state index is 4.46. The van der Waals surface area contributed by atoms with Crippen molar-refractivity contribution in [3.05, 3.63) is 59.2 Å². The maximum Gasteiger partial charge on any atom is 0.0763 e. The van der Waals surface area contributed by atoms with E-state index in [1.54, 1.807) is 0 Å². The molecule has 0 N–H and O–H groups in total.